The lowest BCUT2D eigenvalue weighted by Gasteiger charge is -2.25. The maximum Gasteiger partial charge on any atom is 0.0625 e. The Morgan fingerprint density at radius 3 is 2.84 bits per heavy atom. The number of nitrogens with one attached hydrogen (secondary N) is 1. The molecule has 2 heterocycles. The molecule has 3 rings (SSSR count). The summed E-state index contributed by atoms with van der Waals surface area (Å²) in [5, 5.41) is 8.19. The van der Waals surface area contributed by atoms with Gasteiger partial charge in [0.2, 0.25) is 0 Å². The fourth-order valence-electron chi connectivity index (χ4n) is 3.08. The zero-order chi connectivity index (χ0) is 13.2. The van der Waals surface area contributed by atoms with E-state index in [1.807, 2.05) is 0 Å². The summed E-state index contributed by atoms with van der Waals surface area (Å²) in [6, 6.07) is 3.80. The molecule has 0 aromatic carbocycles. The van der Waals surface area contributed by atoms with Crippen molar-refractivity contribution in [2.45, 2.75) is 57.7 Å². The number of rotatable bonds is 6. The number of aromatic nitrogens is 2. The van der Waals surface area contributed by atoms with Gasteiger partial charge >= 0.3 is 0 Å². The first kappa shape index (κ1) is 13.1. The van der Waals surface area contributed by atoms with Gasteiger partial charge in [0.15, 0.2) is 0 Å². The second-order valence-electron chi connectivity index (χ2n) is 6.06. The topological polar surface area (TPSA) is 33.1 Å². The molecule has 0 bridgehead atoms. The van der Waals surface area contributed by atoms with Crippen LogP contribution in [0.3, 0.4) is 0 Å². The van der Waals surface area contributed by atoms with Crippen molar-refractivity contribution in [2.24, 2.45) is 7.05 Å². The molecule has 1 aromatic heterocycles. The average molecular weight is 262 g/mol. The quantitative estimate of drug-likeness (QED) is 0.847. The maximum absolute atomic E-state index is 4.57. The number of hydrogen-bond acceptors (Lipinski definition) is 3. The zero-order valence-corrected chi connectivity index (χ0v) is 12.2. The molecule has 1 N–H and O–H groups in total. The minimum atomic E-state index is 0.708. The second kappa shape index (κ2) is 5.63. The van der Waals surface area contributed by atoms with Crippen molar-refractivity contribution in [2.75, 3.05) is 13.1 Å². The minimum absolute atomic E-state index is 0.708. The van der Waals surface area contributed by atoms with E-state index >= 15 is 0 Å². The van der Waals surface area contributed by atoms with Crippen LogP contribution in [-0.4, -0.2) is 39.9 Å². The molecule has 2 fully saturated rings. The van der Waals surface area contributed by atoms with Crippen LogP contribution in [0, 0.1) is 0 Å². The van der Waals surface area contributed by atoms with Crippen LogP contribution in [0.25, 0.3) is 0 Å². The fraction of sp³-hybridized carbons (Fsp3) is 0.800. The van der Waals surface area contributed by atoms with Crippen LogP contribution in [0.4, 0.5) is 0 Å². The van der Waals surface area contributed by atoms with E-state index < -0.39 is 0 Å². The molecule has 1 aliphatic carbocycles. The van der Waals surface area contributed by atoms with Gasteiger partial charge in [-0.2, -0.15) is 5.10 Å². The molecular formula is C15H26N4. The largest absolute Gasteiger partial charge is 0.313 e. The minimum Gasteiger partial charge on any atom is -0.313 e. The van der Waals surface area contributed by atoms with Gasteiger partial charge in [-0.05, 0) is 44.7 Å². The van der Waals surface area contributed by atoms with Crippen molar-refractivity contribution in [3.8, 4) is 0 Å². The van der Waals surface area contributed by atoms with Crippen LogP contribution >= 0.6 is 0 Å². The van der Waals surface area contributed by atoms with E-state index in [1.54, 1.807) is 0 Å². The Bertz CT molecular complexity index is 416. The molecule has 1 unspecified atom stereocenters. The van der Waals surface area contributed by atoms with Crippen LogP contribution in [0.1, 0.15) is 44.0 Å². The standard InChI is InChI=1S/C15H26N4/c1-3-12-9-15(18(2)17-12)11-19(14-6-7-14)10-13-5-4-8-16-13/h9,13-14,16H,3-8,10-11H2,1-2H3. The maximum atomic E-state index is 4.57. The third-order valence-corrected chi connectivity index (χ3v) is 4.44. The highest BCUT2D eigenvalue weighted by molar-refractivity contribution is 5.11. The van der Waals surface area contributed by atoms with Crippen LogP contribution < -0.4 is 5.32 Å². The lowest BCUT2D eigenvalue weighted by Crippen LogP contribution is -2.38. The molecule has 106 valence electrons. The molecule has 4 nitrogen and oxygen atoms in total. The highest BCUT2D eigenvalue weighted by Crippen LogP contribution is 2.29. The molecule has 1 aliphatic heterocycles. The highest BCUT2D eigenvalue weighted by atomic mass is 15.3. The monoisotopic (exact) mass is 262 g/mol. The highest BCUT2D eigenvalue weighted by Gasteiger charge is 2.31. The Labute approximate surface area is 116 Å². The van der Waals surface area contributed by atoms with Crippen molar-refractivity contribution in [1.82, 2.24) is 20.0 Å². The first-order valence-electron chi connectivity index (χ1n) is 7.75. The normalized spacial score (nSPS) is 23.4. The third kappa shape index (κ3) is 3.18. The molecule has 2 aliphatic rings. The van der Waals surface area contributed by atoms with E-state index in [0.717, 1.165) is 19.0 Å². The molecular weight excluding hydrogens is 236 g/mol. The summed E-state index contributed by atoms with van der Waals surface area (Å²) in [4.78, 5) is 2.67. The molecule has 1 saturated carbocycles. The number of aryl methyl sites for hydroxylation is 2. The van der Waals surface area contributed by atoms with Gasteiger partial charge in [-0.25, -0.2) is 0 Å². The summed E-state index contributed by atoms with van der Waals surface area (Å²) in [6.45, 7) is 5.64. The van der Waals surface area contributed by atoms with E-state index in [0.29, 0.717) is 6.04 Å². The van der Waals surface area contributed by atoms with Gasteiger partial charge in [-0.15, -0.1) is 0 Å². The molecule has 1 atom stereocenters. The average Bonchev–Trinajstić information content (AvgIpc) is 3.02. The Morgan fingerprint density at radius 1 is 1.42 bits per heavy atom. The smallest absolute Gasteiger partial charge is 0.0625 e. The lowest BCUT2D eigenvalue weighted by molar-refractivity contribution is 0.225. The summed E-state index contributed by atoms with van der Waals surface area (Å²) in [7, 11) is 2.08. The van der Waals surface area contributed by atoms with Crippen molar-refractivity contribution < 1.29 is 0 Å². The van der Waals surface area contributed by atoms with Crippen LogP contribution in [0.15, 0.2) is 6.07 Å². The first-order valence-corrected chi connectivity index (χ1v) is 7.75. The summed E-state index contributed by atoms with van der Waals surface area (Å²) in [6.07, 6.45) is 6.47. The Kier molecular flexibility index (Phi) is 3.89. The van der Waals surface area contributed by atoms with E-state index in [-0.39, 0.29) is 0 Å². The van der Waals surface area contributed by atoms with Gasteiger partial charge in [0.1, 0.15) is 0 Å². The molecule has 0 amide bonds. The lowest BCUT2D eigenvalue weighted by atomic mass is 10.2. The van der Waals surface area contributed by atoms with E-state index in [1.165, 1.54) is 50.2 Å². The van der Waals surface area contributed by atoms with Gasteiger partial charge in [0, 0.05) is 32.2 Å². The predicted octanol–water partition coefficient (Wildman–Crippen LogP) is 1.70. The molecule has 0 radical (unpaired) electrons. The van der Waals surface area contributed by atoms with Crippen molar-refractivity contribution in [3.63, 3.8) is 0 Å². The summed E-state index contributed by atoms with van der Waals surface area (Å²) >= 11 is 0. The number of nitrogens with zero attached hydrogens (tertiary/aromatic N) is 3. The Hall–Kier alpha value is -0.870. The van der Waals surface area contributed by atoms with Crippen molar-refractivity contribution in [3.05, 3.63) is 17.5 Å². The third-order valence-electron chi connectivity index (χ3n) is 4.44. The van der Waals surface area contributed by atoms with Crippen LogP contribution in [0.2, 0.25) is 0 Å². The molecule has 1 aromatic rings. The molecule has 4 heteroatoms. The van der Waals surface area contributed by atoms with Gasteiger partial charge in [-0.1, -0.05) is 6.92 Å². The van der Waals surface area contributed by atoms with Gasteiger partial charge in [0.05, 0.1) is 11.4 Å². The van der Waals surface area contributed by atoms with Crippen molar-refractivity contribution in [1.29, 1.82) is 0 Å². The SMILES string of the molecule is CCc1cc(CN(CC2CCCN2)C2CC2)n(C)n1. The van der Waals surface area contributed by atoms with Crippen LogP contribution in [0.5, 0.6) is 0 Å². The van der Waals surface area contributed by atoms with Gasteiger partial charge < -0.3 is 5.32 Å². The van der Waals surface area contributed by atoms with Gasteiger partial charge in [0.25, 0.3) is 0 Å². The summed E-state index contributed by atoms with van der Waals surface area (Å²) in [5.41, 5.74) is 2.58. The van der Waals surface area contributed by atoms with Crippen LogP contribution in [-0.2, 0) is 20.0 Å². The molecule has 19 heavy (non-hydrogen) atoms. The zero-order valence-electron chi connectivity index (χ0n) is 12.2. The summed E-state index contributed by atoms with van der Waals surface area (Å²) in [5.74, 6) is 0. The molecule has 1 saturated heterocycles. The first-order chi connectivity index (χ1) is 9.26. The summed E-state index contributed by atoms with van der Waals surface area (Å²) < 4.78 is 2.07. The predicted molar refractivity (Wildman–Crippen MR) is 77.0 cm³/mol. The second-order valence-corrected chi connectivity index (χ2v) is 6.06. The fourth-order valence-corrected chi connectivity index (χ4v) is 3.08. The number of hydrogen-bond donors (Lipinski definition) is 1. The molecule has 0 spiro atoms. The van der Waals surface area contributed by atoms with E-state index in [9.17, 15) is 0 Å². The van der Waals surface area contributed by atoms with E-state index in [2.05, 4.69) is 40.0 Å². The van der Waals surface area contributed by atoms with Gasteiger partial charge in [-0.3, -0.25) is 9.58 Å². The Morgan fingerprint density at radius 2 is 2.26 bits per heavy atom. The van der Waals surface area contributed by atoms with Crippen molar-refractivity contribution >= 4 is 0 Å². The Balaban J connectivity index is 1.64. The van der Waals surface area contributed by atoms with E-state index in [4.69, 9.17) is 0 Å².